The van der Waals surface area contributed by atoms with Gasteiger partial charge in [-0.15, -0.1) is 0 Å². The zero-order chi connectivity index (χ0) is 13.4. The summed E-state index contributed by atoms with van der Waals surface area (Å²) < 4.78 is 10.3. The minimum Gasteiger partial charge on any atom is -0.451 e. The summed E-state index contributed by atoms with van der Waals surface area (Å²) in [5.74, 6) is 1.03. The minimum atomic E-state index is 0.0709. The number of allylic oxidation sites excluding steroid dienone is 1. The van der Waals surface area contributed by atoms with Gasteiger partial charge < -0.3 is 4.74 Å². The normalized spacial score (nSPS) is 17.1. The van der Waals surface area contributed by atoms with Crippen LogP contribution in [0.25, 0.3) is 0 Å². The standard InChI is InChI=1S/C16H19N2O/c1-4-5-17-6-7-18(11-17)16-10-14-13(3)8-12(2)9-15(14)19-16/h4,6-9,11,16H,1,5,10H2,2-3H3/q+1. The molecular formula is C16H19N2O+. The third-order valence-electron chi connectivity index (χ3n) is 3.60. The van der Waals surface area contributed by atoms with E-state index in [2.05, 4.69) is 54.2 Å². The largest absolute Gasteiger partial charge is 0.451 e. The molecule has 1 unspecified atom stereocenters. The third-order valence-corrected chi connectivity index (χ3v) is 3.60. The van der Waals surface area contributed by atoms with Gasteiger partial charge in [-0.3, -0.25) is 0 Å². The number of aromatic nitrogens is 2. The molecule has 1 atom stereocenters. The average molecular weight is 255 g/mol. The van der Waals surface area contributed by atoms with Crippen molar-refractivity contribution < 1.29 is 9.30 Å². The first-order valence-electron chi connectivity index (χ1n) is 6.61. The first-order chi connectivity index (χ1) is 9.17. The van der Waals surface area contributed by atoms with Crippen molar-refractivity contribution in [3.63, 3.8) is 0 Å². The van der Waals surface area contributed by atoms with Gasteiger partial charge in [-0.25, -0.2) is 4.57 Å². The summed E-state index contributed by atoms with van der Waals surface area (Å²) >= 11 is 0. The van der Waals surface area contributed by atoms with E-state index in [9.17, 15) is 0 Å². The Morgan fingerprint density at radius 1 is 1.47 bits per heavy atom. The Morgan fingerprint density at radius 2 is 2.32 bits per heavy atom. The van der Waals surface area contributed by atoms with Crippen LogP contribution in [0.15, 0.2) is 43.5 Å². The zero-order valence-electron chi connectivity index (χ0n) is 11.5. The van der Waals surface area contributed by atoms with E-state index in [1.807, 2.05) is 12.3 Å². The van der Waals surface area contributed by atoms with Gasteiger partial charge in [0.2, 0.25) is 12.6 Å². The Hall–Kier alpha value is -2.03. The van der Waals surface area contributed by atoms with Crippen LogP contribution in [0.5, 0.6) is 5.75 Å². The lowest BCUT2D eigenvalue weighted by Gasteiger charge is -2.06. The van der Waals surface area contributed by atoms with Crippen molar-refractivity contribution in [2.45, 2.75) is 33.0 Å². The van der Waals surface area contributed by atoms with Crippen LogP contribution in [0.4, 0.5) is 0 Å². The molecule has 1 aromatic carbocycles. The Balaban J connectivity index is 1.86. The highest BCUT2D eigenvalue weighted by Crippen LogP contribution is 2.36. The SMILES string of the molecule is C=CC[n+]1ccn(C2Cc3c(C)cc(C)cc3O2)c1. The van der Waals surface area contributed by atoms with Crippen molar-refractivity contribution in [2.75, 3.05) is 0 Å². The summed E-state index contributed by atoms with van der Waals surface area (Å²) in [6.45, 7) is 8.85. The van der Waals surface area contributed by atoms with Crippen LogP contribution >= 0.6 is 0 Å². The van der Waals surface area contributed by atoms with Gasteiger partial charge in [-0.1, -0.05) is 18.7 Å². The predicted molar refractivity (Wildman–Crippen MR) is 74.1 cm³/mol. The highest BCUT2D eigenvalue weighted by molar-refractivity contribution is 5.45. The average Bonchev–Trinajstić information content (AvgIpc) is 2.95. The fraction of sp³-hybridized carbons (Fsp3) is 0.312. The summed E-state index contributed by atoms with van der Waals surface area (Å²) in [5.41, 5.74) is 3.91. The Morgan fingerprint density at radius 3 is 3.11 bits per heavy atom. The molecule has 0 bridgehead atoms. The van der Waals surface area contributed by atoms with Crippen molar-refractivity contribution in [3.8, 4) is 5.75 Å². The Labute approximate surface area is 113 Å². The molecule has 0 fully saturated rings. The van der Waals surface area contributed by atoms with E-state index in [0.29, 0.717) is 0 Å². The molecule has 0 radical (unpaired) electrons. The predicted octanol–water partition coefficient (Wildman–Crippen LogP) is 2.71. The van der Waals surface area contributed by atoms with E-state index in [1.165, 1.54) is 16.7 Å². The third kappa shape index (κ3) is 2.16. The Bertz CT molecular complexity index is 628. The van der Waals surface area contributed by atoms with Crippen molar-refractivity contribution >= 4 is 0 Å². The number of hydrogen-bond acceptors (Lipinski definition) is 1. The molecule has 0 saturated carbocycles. The highest BCUT2D eigenvalue weighted by atomic mass is 16.5. The first-order valence-corrected chi connectivity index (χ1v) is 6.61. The molecule has 3 nitrogen and oxygen atoms in total. The fourth-order valence-electron chi connectivity index (χ4n) is 2.69. The van der Waals surface area contributed by atoms with Crippen LogP contribution in [0.3, 0.4) is 0 Å². The summed E-state index contributed by atoms with van der Waals surface area (Å²) in [5, 5.41) is 0. The number of rotatable bonds is 3. The maximum atomic E-state index is 6.07. The molecule has 3 rings (SSSR count). The first kappa shape index (κ1) is 12.0. The van der Waals surface area contributed by atoms with Gasteiger partial charge in [0.05, 0.1) is 6.42 Å². The summed E-state index contributed by atoms with van der Waals surface area (Å²) in [7, 11) is 0. The quantitative estimate of drug-likeness (QED) is 0.609. The second-order valence-electron chi connectivity index (χ2n) is 5.18. The summed E-state index contributed by atoms with van der Waals surface area (Å²) in [6, 6.07) is 4.35. The monoisotopic (exact) mass is 255 g/mol. The molecule has 0 spiro atoms. The maximum absolute atomic E-state index is 6.07. The molecule has 1 aliphatic rings. The number of imidazole rings is 1. The van der Waals surface area contributed by atoms with Crippen LogP contribution in [0.2, 0.25) is 0 Å². The van der Waals surface area contributed by atoms with Gasteiger partial charge in [-0.05, 0) is 31.0 Å². The van der Waals surface area contributed by atoms with Gasteiger partial charge in [0, 0.05) is 5.56 Å². The van der Waals surface area contributed by atoms with Gasteiger partial charge in [-0.2, -0.15) is 4.57 Å². The van der Waals surface area contributed by atoms with E-state index in [0.717, 1.165) is 18.7 Å². The minimum absolute atomic E-state index is 0.0709. The number of nitrogens with zero attached hydrogens (tertiary/aromatic N) is 2. The van der Waals surface area contributed by atoms with E-state index in [1.54, 1.807) is 0 Å². The molecule has 2 aromatic rings. The molecule has 1 aliphatic heterocycles. The fourth-order valence-corrected chi connectivity index (χ4v) is 2.69. The molecular weight excluding hydrogens is 236 g/mol. The highest BCUT2D eigenvalue weighted by Gasteiger charge is 2.29. The second-order valence-corrected chi connectivity index (χ2v) is 5.18. The van der Waals surface area contributed by atoms with Crippen LogP contribution in [0.1, 0.15) is 22.9 Å². The number of hydrogen-bond donors (Lipinski definition) is 0. The molecule has 0 amide bonds. The molecule has 0 aliphatic carbocycles. The lowest BCUT2D eigenvalue weighted by Crippen LogP contribution is -2.30. The van der Waals surface area contributed by atoms with Crippen molar-refractivity contribution in [1.82, 2.24) is 4.57 Å². The lowest BCUT2D eigenvalue weighted by atomic mass is 10.0. The van der Waals surface area contributed by atoms with Crippen LogP contribution in [0, 0.1) is 13.8 Å². The van der Waals surface area contributed by atoms with Crippen LogP contribution in [-0.4, -0.2) is 4.57 Å². The van der Waals surface area contributed by atoms with E-state index >= 15 is 0 Å². The topological polar surface area (TPSA) is 18.0 Å². The molecule has 0 saturated heterocycles. The van der Waals surface area contributed by atoms with E-state index in [-0.39, 0.29) is 6.23 Å². The number of aryl methyl sites for hydroxylation is 2. The lowest BCUT2D eigenvalue weighted by molar-refractivity contribution is -0.686. The summed E-state index contributed by atoms with van der Waals surface area (Å²) in [4.78, 5) is 0. The van der Waals surface area contributed by atoms with Gasteiger partial charge in [0.15, 0.2) is 0 Å². The van der Waals surface area contributed by atoms with Crippen LogP contribution in [-0.2, 0) is 13.0 Å². The van der Waals surface area contributed by atoms with Crippen molar-refractivity contribution in [2.24, 2.45) is 0 Å². The molecule has 98 valence electrons. The van der Waals surface area contributed by atoms with Gasteiger partial charge in [0.1, 0.15) is 24.7 Å². The van der Waals surface area contributed by atoms with E-state index < -0.39 is 0 Å². The molecule has 0 N–H and O–H groups in total. The Kier molecular flexibility index (Phi) is 2.90. The molecule has 19 heavy (non-hydrogen) atoms. The molecule has 1 aromatic heterocycles. The van der Waals surface area contributed by atoms with Crippen molar-refractivity contribution in [1.29, 1.82) is 0 Å². The second kappa shape index (κ2) is 4.57. The van der Waals surface area contributed by atoms with Gasteiger partial charge >= 0.3 is 0 Å². The maximum Gasteiger partial charge on any atom is 0.247 e. The van der Waals surface area contributed by atoms with Crippen molar-refractivity contribution in [3.05, 3.63) is 60.2 Å². The number of benzene rings is 1. The smallest absolute Gasteiger partial charge is 0.247 e. The van der Waals surface area contributed by atoms with Gasteiger partial charge in [0.25, 0.3) is 0 Å². The number of fused-ring (bicyclic) bond motifs is 1. The van der Waals surface area contributed by atoms with E-state index in [4.69, 9.17) is 4.74 Å². The number of ether oxygens (including phenoxy) is 1. The van der Waals surface area contributed by atoms with Crippen LogP contribution < -0.4 is 9.30 Å². The zero-order valence-corrected chi connectivity index (χ0v) is 11.5. The molecule has 3 heteroatoms. The summed E-state index contributed by atoms with van der Waals surface area (Å²) in [6.07, 6.45) is 9.07. The molecule has 2 heterocycles.